The third-order valence-corrected chi connectivity index (χ3v) is 4.18. The van der Waals surface area contributed by atoms with Gasteiger partial charge in [-0.05, 0) is 36.1 Å². The van der Waals surface area contributed by atoms with Gasteiger partial charge in [-0.3, -0.25) is 0 Å². The Labute approximate surface area is 118 Å². The van der Waals surface area contributed by atoms with E-state index in [9.17, 15) is 0 Å². The molecular formula is C19H16O. The van der Waals surface area contributed by atoms with Crippen molar-refractivity contribution in [3.8, 4) is 0 Å². The first-order chi connectivity index (χ1) is 9.90. The summed E-state index contributed by atoms with van der Waals surface area (Å²) in [6.07, 6.45) is 12.7. The van der Waals surface area contributed by atoms with Gasteiger partial charge in [0.2, 0.25) is 0 Å². The average Bonchev–Trinajstić information content (AvgIpc) is 2.97. The average molecular weight is 260 g/mol. The van der Waals surface area contributed by atoms with Crippen LogP contribution in [0.15, 0.2) is 76.5 Å². The van der Waals surface area contributed by atoms with Crippen molar-refractivity contribution in [3.05, 3.63) is 88.9 Å². The Morgan fingerprint density at radius 2 is 1.90 bits per heavy atom. The second-order valence-electron chi connectivity index (χ2n) is 5.48. The molecule has 2 aliphatic rings. The van der Waals surface area contributed by atoms with Crippen molar-refractivity contribution < 1.29 is 4.42 Å². The van der Waals surface area contributed by atoms with Crippen molar-refractivity contribution in [2.75, 3.05) is 0 Å². The Morgan fingerprint density at radius 3 is 2.80 bits per heavy atom. The zero-order valence-electron chi connectivity index (χ0n) is 11.3. The molecule has 2 aromatic rings. The second-order valence-corrected chi connectivity index (χ2v) is 5.48. The third-order valence-electron chi connectivity index (χ3n) is 4.18. The molecule has 1 heteroatoms. The predicted molar refractivity (Wildman–Crippen MR) is 81.4 cm³/mol. The summed E-state index contributed by atoms with van der Waals surface area (Å²) in [5, 5.41) is 0. The Balaban J connectivity index is 1.63. The summed E-state index contributed by atoms with van der Waals surface area (Å²) in [6, 6.07) is 12.8. The van der Waals surface area contributed by atoms with Crippen LogP contribution in [-0.2, 0) is 6.42 Å². The van der Waals surface area contributed by atoms with E-state index in [1.54, 1.807) is 6.26 Å². The number of rotatable bonds is 2. The number of hydrogen-bond donors (Lipinski definition) is 0. The fourth-order valence-corrected chi connectivity index (χ4v) is 3.15. The van der Waals surface area contributed by atoms with E-state index in [0.29, 0.717) is 5.92 Å². The van der Waals surface area contributed by atoms with Gasteiger partial charge in [0.15, 0.2) is 0 Å². The first-order valence-corrected chi connectivity index (χ1v) is 7.09. The minimum Gasteiger partial charge on any atom is -0.465 e. The van der Waals surface area contributed by atoms with Crippen molar-refractivity contribution >= 4 is 6.08 Å². The molecule has 0 aliphatic heterocycles. The van der Waals surface area contributed by atoms with Gasteiger partial charge in [0, 0.05) is 11.5 Å². The maximum absolute atomic E-state index is 5.52. The van der Waals surface area contributed by atoms with Gasteiger partial charge in [-0.15, -0.1) is 0 Å². The van der Waals surface area contributed by atoms with Crippen LogP contribution in [0, 0.1) is 0 Å². The Hall–Kier alpha value is -2.28. The zero-order valence-corrected chi connectivity index (χ0v) is 11.3. The molecule has 0 bridgehead atoms. The van der Waals surface area contributed by atoms with Gasteiger partial charge in [0.25, 0.3) is 0 Å². The topological polar surface area (TPSA) is 13.1 Å². The lowest BCUT2D eigenvalue weighted by Crippen LogP contribution is -2.10. The molecule has 0 fully saturated rings. The van der Waals surface area contributed by atoms with Crippen LogP contribution in [-0.4, -0.2) is 0 Å². The molecule has 1 atom stereocenters. The first kappa shape index (κ1) is 11.5. The van der Waals surface area contributed by atoms with E-state index in [0.717, 1.165) is 18.6 Å². The van der Waals surface area contributed by atoms with Crippen molar-refractivity contribution in [1.82, 2.24) is 0 Å². The number of fused-ring (bicyclic) bond motifs is 3. The van der Waals surface area contributed by atoms with Crippen molar-refractivity contribution in [2.24, 2.45) is 0 Å². The van der Waals surface area contributed by atoms with Gasteiger partial charge in [0.05, 0.1) is 6.26 Å². The summed E-state index contributed by atoms with van der Waals surface area (Å²) in [4.78, 5) is 0. The molecule has 1 aromatic carbocycles. The van der Waals surface area contributed by atoms with Crippen LogP contribution in [0.25, 0.3) is 6.08 Å². The molecule has 1 aromatic heterocycles. The number of benzene rings is 1. The van der Waals surface area contributed by atoms with Crippen LogP contribution in [0.5, 0.6) is 0 Å². The summed E-state index contributed by atoms with van der Waals surface area (Å²) < 4.78 is 5.52. The van der Waals surface area contributed by atoms with Crippen molar-refractivity contribution in [1.29, 1.82) is 0 Å². The highest BCUT2D eigenvalue weighted by Crippen LogP contribution is 2.41. The van der Waals surface area contributed by atoms with E-state index >= 15 is 0 Å². The second kappa shape index (κ2) is 4.68. The van der Waals surface area contributed by atoms with Gasteiger partial charge in [0.1, 0.15) is 5.76 Å². The first-order valence-electron chi connectivity index (χ1n) is 7.09. The molecule has 0 saturated heterocycles. The summed E-state index contributed by atoms with van der Waals surface area (Å²) in [5.41, 5.74) is 5.61. The van der Waals surface area contributed by atoms with Crippen LogP contribution in [0.1, 0.15) is 29.2 Å². The van der Waals surface area contributed by atoms with E-state index in [2.05, 4.69) is 60.7 Å². The molecule has 0 N–H and O–H groups in total. The van der Waals surface area contributed by atoms with Crippen LogP contribution < -0.4 is 0 Å². The molecule has 0 saturated carbocycles. The third kappa shape index (κ3) is 1.96. The smallest absolute Gasteiger partial charge is 0.130 e. The number of furan rings is 1. The van der Waals surface area contributed by atoms with Crippen LogP contribution in [0.2, 0.25) is 0 Å². The molecule has 1 heterocycles. The molecule has 0 spiro atoms. The largest absolute Gasteiger partial charge is 0.465 e. The SMILES string of the molecule is C1=Cc2occc2[C@H]2CC(Cc3ccccc3)=CC=C12. The van der Waals surface area contributed by atoms with Gasteiger partial charge in [-0.2, -0.15) is 0 Å². The van der Waals surface area contributed by atoms with E-state index in [-0.39, 0.29) is 0 Å². The molecule has 1 nitrogen and oxygen atoms in total. The lowest BCUT2D eigenvalue weighted by molar-refractivity contribution is 0.548. The number of allylic oxidation sites excluding steroid dienone is 5. The molecule has 98 valence electrons. The monoisotopic (exact) mass is 260 g/mol. The standard InChI is InChI=1S/C19H16O/c1-2-4-14(5-3-1)12-15-6-7-16-8-9-19-17(10-11-20-19)18(16)13-15/h1-11,18H,12-13H2/t18-/m0/s1. The van der Waals surface area contributed by atoms with Crippen LogP contribution in [0.3, 0.4) is 0 Å². The fraction of sp³-hybridized carbons (Fsp3) is 0.158. The molecule has 2 aliphatic carbocycles. The van der Waals surface area contributed by atoms with Crippen molar-refractivity contribution in [2.45, 2.75) is 18.8 Å². The Kier molecular flexibility index (Phi) is 2.70. The van der Waals surface area contributed by atoms with Crippen LogP contribution in [0.4, 0.5) is 0 Å². The van der Waals surface area contributed by atoms with Gasteiger partial charge in [-0.25, -0.2) is 0 Å². The molecular weight excluding hydrogens is 244 g/mol. The Bertz CT molecular complexity index is 713. The highest BCUT2D eigenvalue weighted by molar-refractivity contribution is 5.62. The maximum atomic E-state index is 5.52. The highest BCUT2D eigenvalue weighted by Gasteiger charge is 2.26. The van der Waals surface area contributed by atoms with Gasteiger partial charge < -0.3 is 4.42 Å². The minimum absolute atomic E-state index is 0.470. The highest BCUT2D eigenvalue weighted by atomic mass is 16.3. The summed E-state index contributed by atoms with van der Waals surface area (Å²) in [5.74, 6) is 1.49. The molecule has 0 amide bonds. The van der Waals surface area contributed by atoms with Crippen LogP contribution >= 0.6 is 0 Å². The minimum atomic E-state index is 0.470. The molecule has 0 radical (unpaired) electrons. The quantitative estimate of drug-likeness (QED) is 0.749. The van der Waals surface area contributed by atoms with Gasteiger partial charge in [-0.1, -0.05) is 54.1 Å². The molecule has 0 unspecified atom stereocenters. The molecule has 20 heavy (non-hydrogen) atoms. The van der Waals surface area contributed by atoms with Crippen molar-refractivity contribution in [3.63, 3.8) is 0 Å². The summed E-state index contributed by atoms with van der Waals surface area (Å²) in [7, 11) is 0. The van der Waals surface area contributed by atoms with E-state index in [1.807, 2.05) is 0 Å². The lowest BCUT2D eigenvalue weighted by atomic mass is 9.78. The maximum Gasteiger partial charge on any atom is 0.130 e. The normalized spacial score (nSPS) is 19.9. The zero-order chi connectivity index (χ0) is 13.4. The fourth-order valence-electron chi connectivity index (χ4n) is 3.15. The lowest BCUT2D eigenvalue weighted by Gasteiger charge is -2.25. The van der Waals surface area contributed by atoms with E-state index < -0.39 is 0 Å². The number of hydrogen-bond acceptors (Lipinski definition) is 1. The molecule has 4 rings (SSSR count). The summed E-state index contributed by atoms with van der Waals surface area (Å²) >= 11 is 0. The summed E-state index contributed by atoms with van der Waals surface area (Å²) in [6.45, 7) is 0. The van der Waals surface area contributed by atoms with Gasteiger partial charge >= 0.3 is 0 Å². The van der Waals surface area contributed by atoms with E-state index in [1.165, 1.54) is 22.3 Å². The Morgan fingerprint density at radius 1 is 1.00 bits per heavy atom. The predicted octanol–water partition coefficient (Wildman–Crippen LogP) is 4.89. The van der Waals surface area contributed by atoms with E-state index in [4.69, 9.17) is 4.42 Å².